The van der Waals surface area contributed by atoms with Crippen LogP contribution in [0.15, 0.2) is 29.2 Å². The summed E-state index contributed by atoms with van der Waals surface area (Å²) in [7, 11) is 0. The second kappa shape index (κ2) is 5.25. The van der Waals surface area contributed by atoms with Crippen LogP contribution >= 0.6 is 11.8 Å². The van der Waals surface area contributed by atoms with Gasteiger partial charge in [0.05, 0.1) is 11.0 Å². The van der Waals surface area contributed by atoms with E-state index in [4.69, 9.17) is 0 Å². The topological polar surface area (TPSA) is 57.6 Å². The van der Waals surface area contributed by atoms with E-state index in [2.05, 4.69) is 0 Å². The zero-order chi connectivity index (χ0) is 14.0. The first-order chi connectivity index (χ1) is 8.98. The summed E-state index contributed by atoms with van der Waals surface area (Å²) in [6.45, 7) is 2.48. The van der Waals surface area contributed by atoms with Crippen LogP contribution in [0.25, 0.3) is 0 Å². The standard InChI is InChI=1S/C14H17NO3S/c1-14(13(17)18)7-8-15(9-14)12(16)10-5-3-4-6-11(10)19-2/h3-6H,7-9H2,1-2H3,(H,17,18). The third-order valence-electron chi connectivity index (χ3n) is 3.61. The van der Waals surface area contributed by atoms with E-state index < -0.39 is 11.4 Å². The van der Waals surface area contributed by atoms with E-state index in [1.165, 1.54) is 11.8 Å². The molecule has 0 radical (unpaired) electrons. The van der Waals surface area contributed by atoms with E-state index in [9.17, 15) is 14.7 Å². The molecular weight excluding hydrogens is 262 g/mol. The number of carboxylic acids is 1. The highest BCUT2D eigenvalue weighted by molar-refractivity contribution is 7.98. The molecular formula is C14H17NO3S. The quantitative estimate of drug-likeness (QED) is 0.863. The fourth-order valence-corrected chi connectivity index (χ4v) is 2.89. The van der Waals surface area contributed by atoms with Crippen LogP contribution in [0.4, 0.5) is 0 Å². The molecule has 1 atom stereocenters. The molecule has 0 aliphatic carbocycles. The third kappa shape index (κ3) is 2.61. The van der Waals surface area contributed by atoms with Gasteiger partial charge in [-0.25, -0.2) is 0 Å². The number of nitrogens with zero attached hydrogens (tertiary/aromatic N) is 1. The van der Waals surface area contributed by atoms with Crippen molar-refractivity contribution in [3.8, 4) is 0 Å². The lowest BCUT2D eigenvalue weighted by Crippen LogP contribution is -2.35. The summed E-state index contributed by atoms with van der Waals surface area (Å²) in [5.74, 6) is -0.907. The van der Waals surface area contributed by atoms with Crippen molar-refractivity contribution in [2.24, 2.45) is 5.41 Å². The monoisotopic (exact) mass is 279 g/mol. The lowest BCUT2D eigenvalue weighted by atomic mass is 9.90. The molecule has 19 heavy (non-hydrogen) atoms. The predicted octanol–water partition coefficient (Wildman–Crippen LogP) is 2.35. The first kappa shape index (κ1) is 13.9. The Bertz CT molecular complexity index is 517. The summed E-state index contributed by atoms with van der Waals surface area (Å²) in [6, 6.07) is 7.43. The molecule has 1 unspecified atom stereocenters. The normalized spacial score (nSPS) is 22.5. The fourth-order valence-electron chi connectivity index (χ4n) is 2.30. The highest BCUT2D eigenvalue weighted by atomic mass is 32.2. The van der Waals surface area contributed by atoms with E-state index in [-0.39, 0.29) is 12.5 Å². The van der Waals surface area contributed by atoms with Gasteiger partial charge in [-0.2, -0.15) is 0 Å². The van der Waals surface area contributed by atoms with Gasteiger partial charge >= 0.3 is 5.97 Å². The lowest BCUT2D eigenvalue weighted by Gasteiger charge is -2.21. The highest BCUT2D eigenvalue weighted by Gasteiger charge is 2.42. The number of carbonyl (C=O) groups excluding carboxylic acids is 1. The van der Waals surface area contributed by atoms with Crippen LogP contribution in [0.3, 0.4) is 0 Å². The molecule has 0 aromatic heterocycles. The molecule has 102 valence electrons. The Morgan fingerprint density at radius 3 is 2.63 bits per heavy atom. The van der Waals surface area contributed by atoms with Gasteiger partial charge in [0.1, 0.15) is 0 Å². The van der Waals surface area contributed by atoms with E-state index in [1.807, 2.05) is 24.5 Å². The Morgan fingerprint density at radius 1 is 1.37 bits per heavy atom. The van der Waals surface area contributed by atoms with Crippen molar-refractivity contribution < 1.29 is 14.7 Å². The molecule has 0 saturated carbocycles. The van der Waals surface area contributed by atoms with Crippen molar-refractivity contribution in [1.82, 2.24) is 4.90 Å². The smallest absolute Gasteiger partial charge is 0.311 e. The minimum absolute atomic E-state index is 0.0741. The molecule has 1 aliphatic rings. The molecule has 1 amide bonds. The molecule has 1 N–H and O–H groups in total. The van der Waals surface area contributed by atoms with Crippen LogP contribution in [0, 0.1) is 5.41 Å². The SMILES string of the molecule is CSc1ccccc1C(=O)N1CCC(C)(C(=O)O)C1. The van der Waals surface area contributed by atoms with Crippen molar-refractivity contribution in [3.63, 3.8) is 0 Å². The Balaban J connectivity index is 2.20. The molecule has 4 nitrogen and oxygen atoms in total. The number of carbonyl (C=O) groups is 2. The number of carboxylic acid groups (broad SMARTS) is 1. The van der Waals surface area contributed by atoms with Gasteiger partial charge in [0.25, 0.3) is 5.91 Å². The number of likely N-dealkylation sites (tertiary alicyclic amines) is 1. The van der Waals surface area contributed by atoms with Crippen LogP contribution in [0.2, 0.25) is 0 Å². The molecule has 2 rings (SSSR count). The number of amides is 1. The third-order valence-corrected chi connectivity index (χ3v) is 4.41. The maximum absolute atomic E-state index is 12.5. The van der Waals surface area contributed by atoms with Crippen LogP contribution in [0.5, 0.6) is 0 Å². The Morgan fingerprint density at radius 2 is 2.05 bits per heavy atom. The molecule has 1 saturated heterocycles. The van der Waals surface area contributed by atoms with E-state index in [0.717, 1.165) is 4.90 Å². The maximum Gasteiger partial charge on any atom is 0.311 e. The van der Waals surface area contributed by atoms with E-state index in [0.29, 0.717) is 18.5 Å². The molecule has 1 aliphatic heterocycles. The fraction of sp³-hybridized carbons (Fsp3) is 0.429. The highest BCUT2D eigenvalue weighted by Crippen LogP contribution is 2.32. The lowest BCUT2D eigenvalue weighted by molar-refractivity contribution is -0.147. The van der Waals surface area contributed by atoms with Crippen LogP contribution in [-0.4, -0.2) is 41.2 Å². The average Bonchev–Trinajstić information content (AvgIpc) is 2.82. The molecule has 0 bridgehead atoms. The first-order valence-corrected chi connectivity index (χ1v) is 7.36. The molecule has 1 aromatic rings. The number of aliphatic carboxylic acids is 1. The van der Waals surface area contributed by atoms with Gasteiger partial charge in [-0.05, 0) is 31.7 Å². The molecule has 1 heterocycles. The number of rotatable bonds is 3. The Labute approximate surface area is 116 Å². The maximum atomic E-state index is 12.5. The molecule has 0 spiro atoms. The number of benzene rings is 1. The van der Waals surface area contributed by atoms with Gasteiger partial charge in [0.15, 0.2) is 0 Å². The minimum Gasteiger partial charge on any atom is -0.481 e. The summed E-state index contributed by atoms with van der Waals surface area (Å²) >= 11 is 1.52. The summed E-state index contributed by atoms with van der Waals surface area (Å²) in [5.41, 5.74) is -0.158. The predicted molar refractivity (Wildman–Crippen MR) is 74.5 cm³/mol. The summed E-state index contributed by atoms with van der Waals surface area (Å²) in [6.07, 6.45) is 2.44. The number of hydrogen-bond acceptors (Lipinski definition) is 3. The minimum atomic E-state index is -0.832. The van der Waals surface area contributed by atoms with Gasteiger partial charge in [0, 0.05) is 18.0 Å². The van der Waals surface area contributed by atoms with Crippen molar-refractivity contribution >= 4 is 23.6 Å². The van der Waals surface area contributed by atoms with Gasteiger partial charge < -0.3 is 10.0 Å². The Hall–Kier alpha value is -1.49. The molecule has 1 aromatic carbocycles. The van der Waals surface area contributed by atoms with Crippen molar-refractivity contribution in [1.29, 1.82) is 0 Å². The summed E-state index contributed by atoms with van der Waals surface area (Å²) in [5, 5.41) is 9.20. The number of hydrogen-bond donors (Lipinski definition) is 1. The molecule has 5 heteroatoms. The Kier molecular flexibility index (Phi) is 3.85. The van der Waals surface area contributed by atoms with Crippen molar-refractivity contribution in [2.45, 2.75) is 18.2 Å². The van der Waals surface area contributed by atoms with Gasteiger partial charge in [0.2, 0.25) is 0 Å². The average molecular weight is 279 g/mol. The van der Waals surface area contributed by atoms with Gasteiger partial charge in [-0.15, -0.1) is 11.8 Å². The first-order valence-electron chi connectivity index (χ1n) is 6.13. The molecule has 1 fully saturated rings. The second-order valence-electron chi connectivity index (χ2n) is 5.04. The van der Waals surface area contributed by atoms with Gasteiger partial charge in [-0.1, -0.05) is 12.1 Å². The summed E-state index contributed by atoms with van der Waals surface area (Å²) in [4.78, 5) is 26.2. The van der Waals surface area contributed by atoms with Crippen molar-refractivity contribution in [2.75, 3.05) is 19.3 Å². The largest absolute Gasteiger partial charge is 0.481 e. The van der Waals surface area contributed by atoms with Crippen LogP contribution in [-0.2, 0) is 4.79 Å². The second-order valence-corrected chi connectivity index (χ2v) is 5.89. The van der Waals surface area contributed by atoms with E-state index >= 15 is 0 Å². The van der Waals surface area contributed by atoms with Crippen LogP contribution < -0.4 is 0 Å². The zero-order valence-electron chi connectivity index (χ0n) is 11.0. The zero-order valence-corrected chi connectivity index (χ0v) is 11.9. The number of thioether (sulfide) groups is 1. The van der Waals surface area contributed by atoms with Crippen LogP contribution in [0.1, 0.15) is 23.7 Å². The van der Waals surface area contributed by atoms with Gasteiger partial charge in [-0.3, -0.25) is 9.59 Å². The van der Waals surface area contributed by atoms with Crippen molar-refractivity contribution in [3.05, 3.63) is 29.8 Å². The van der Waals surface area contributed by atoms with E-state index in [1.54, 1.807) is 17.9 Å². The summed E-state index contributed by atoms with van der Waals surface area (Å²) < 4.78 is 0.